The van der Waals surface area contributed by atoms with E-state index >= 15 is 0 Å². The van der Waals surface area contributed by atoms with Crippen LogP contribution in [0.4, 0.5) is 0 Å². The molecule has 0 amide bonds. The van der Waals surface area contributed by atoms with E-state index in [2.05, 4.69) is 215 Å². The molecule has 0 saturated carbocycles. The first-order chi connectivity index (χ1) is 25.3. The molecular formula is C57H80. The molecule has 0 aliphatic heterocycles. The molecule has 57 heavy (non-hydrogen) atoms. The van der Waals surface area contributed by atoms with Crippen molar-refractivity contribution < 1.29 is 0 Å². The van der Waals surface area contributed by atoms with E-state index in [1.807, 2.05) is 0 Å². The minimum absolute atomic E-state index is 0.0146. The first kappa shape index (κ1) is 43.5. The van der Waals surface area contributed by atoms with Crippen LogP contribution in [0.5, 0.6) is 0 Å². The number of benzene rings is 4. The van der Waals surface area contributed by atoms with Crippen LogP contribution in [0.3, 0.4) is 0 Å². The van der Waals surface area contributed by atoms with Gasteiger partial charge in [0.1, 0.15) is 0 Å². The van der Waals surface area contributed by atoms with E-state index in [1.165, 1.54) is 89.0 Å². The summed E-state index contributed by atoms with van der Waals surface area (Å²) in [5, 5.41) is 0. The highest BCUT2D eigenvalue weighted by atomic mass is 14.6. The molecule has 4 aromatic carbocycles. The lowest BCUT2D eigenvalue weighted by Crippen LogP contribution is -2.31. The molecule has 0 bridgehead atoms. The van der Waals surface area contributed by atoms with E-state index in [-0.39, 0.29) is 43.3 Å². The minimum atomic E-state index is -0.477. The van der Waals surface area contributed by atoms with Crippen LogP contribution in [0.1, 0.15) is 233 Å². The lowest BCUT2D eigenvalue weighted by atomic mass is 9.64. The highest BCUT2D eigenvalue weighted by molar-refractivity contribution is 5.97. The molecule has 2 aliphatic rings. The van der Waals surface area contributed by atoms with E-state index in [1.54, 1.807) is 0 Å². The van der Waals surface area contributed by atoms with Crippen molar-refractivity contribution in [1.29, 1.82) is 0 Å². The second-order valence-corrected chi connectivity index (χ2v) is 26.5. The van der Waals surface area contributed by atoms with Crippen LogP contribution in [0.25, 0.3) is 22.3 Å². The number of hydrogen-bond acceptors (Lipinski definition) is 0. The summed E-state index contributed by atoms with van der Waals surface area (Å²) in [5.74, 6) is 0. The van der Waals surface area contributed by atoms with Gasteiger partial charge >= 0.3 is 0 Å². The first-order valence-corrected chi connectivity index (χ1v) is 22.1. The molecule has 308 valence electrons. The third-order valence-corrected chi connectivity index (χ3v) is 13.3. The van der Waals surface area contributed by atoms with Gasteiger partial charge in [-0.05, 0) is 157 Å². The maximum absolute atomic E-state index is 2.70. The molecular weight excluding hydrogens is 685 g/mol. The van der Waals surface area contributed by atoms with Gasteiger partial charge in [0.2, 0.25) is 0 Å². The Morgan fingerprint density at radius 2 is 0.333 bits per heavy atom. The van der Waals surface area contributed by atoms with Gasteiger partial charge in [0.05, 0.1) is 5.41 Å². The molecule has 0 atom stereocenters. The topological polar surface area (TPSA) is 0 Å². The second kappa shape index (κ2) is 12.5. The Morgan fingerprint density at radius 1 is 0.211 bits per heavy atom. The van der Waals surface area contributed by atoms with E-state index in [9.17, 15) is 0 Å². The Labute approximate surface area is 351 Å². The molecule has 0 aromatic heterocycles. The van der Waals surface area contributed by atoms with E-state index in [4.69, 9.17) is 0 Å². The molecule has 1 spiro atoms. The molecule has 0 saturated heterocycles. The predicted molar refractivity (Wildman–Crippen MR) is 252 cm³/mol. The number of rotatable bonds is 0. The molecule has 0 heteroatoms. The first-order valence-electron chi connectivity index (χ1n) is 22.1. The Morgan fingerprint density at radius 3 is 0.456 bits per heavy atom. The third-order valence-electron chi connectivity index (χ3n) is 13.3. The summed E-state index contributed by atoms with van der Waals surface area (Å²) in [5.41, 5.74) is 22.6. The van der Waals surface area contributed by atoms with Crippen LogP contribution in [0, 0.1) is 0 Å². The highest BCUT2D eigenvalue weighted by Gasteiger charge is 2.55. The van der Waals surface area contributed by atoms with Gasteiger partial charge in [0.15, 0.2) is 0 Å². The fourth-order valence-corrected chi connectivity index (χ4v) is 10.4. The van der Waals surface area contributed by atoms with Gasteiger partial charge < -0.3 is 0 Å². The Hall–Kier alpha value is -3.12. The molecule has 0 N–H and O–H groups in total. The van der Waals surface area contributed by atoms with E-state index in [0.717, 1.165) is 0 Å². The van der Waals surface area contributed by atoms with Crippen molar-refractivity contribution in [3.8, 4) is 22.3 Å². The molecule has 0 radical (unpaired) electrons. The number of hydrogen-bond donors (Lipinski definition) is 0. The van der Waals surface area contributed by atoms with Crippen LogP contribution in [0.15, 0.2) is 48.5 Å². The lowest BCUT2D eigenvalue weighted by molar-refractivity contribution is 0.525. The van der Waals surface area contributed by atoms with Crippen molar-refractivity contribution in [2.75, 3.05) is 0 Å². The quantitative estimate of drug-likeness (QED) is 0.144. The fourth-order valence-electron chi connectivity index (χ4n) is 10.4. The van der Waals surface area contributed by atoms with Crippen LogP contribution in [-0.4, -0.2) is 0 Å². The van der Waals surface area contributed by atoms with Crippen molar-refractivity contribution in [2.24, 2.45) is 0 Å². The van der Waals surface area contributed by atoms with Crippen LogP contribution in [-0.2, 0) is 48.7 Å². The molecule has 0 unspecified atom stereocenters. The average molecular weight is 765 g/mol. The summed E-state index contributed by atoms with van der Waals surface area (Å²) in [4.78, 5) is 0. The fraction of sp³-hybridized carbons (Fsp3) is 0.579. The van der Waals surface area contributed by atoms with Crippen molar-refractivity contribution in [1.82, 2.24) is 0 Å². The van der Waals surface area contributed by atoms with Crippen molar-refractivity contribution in [3.63, 3.8) is 0 Å². The molecule has 4 aromatic rings. The Balaban J connectivity index is 2.02. The Kier molecular flexibility index (Phi) is 9.50. The summed E-state index contributed by atoms with van der Waals surface area (Å²) in [7, 11) is 0. The van der Waals surface area contributed by atoms with E-state index in [0.29, 0.717) is 0 Å². The minimum Gasteiger partial charge on any atom is -0.0561 e. The maximum atomic E-state index is 2.70. The van der Waals surface area contributed by atoms with Crippen molar-refractivity contribution >= 4 is 0 Å². The maximum Gasteiger partial charge on any atom is 0.0725 e. The third kappa shape index (κ3) is 6.90. The standard InChI is InChI=1S/C57H80/c1-49(2,3)41-25-33-34-26-42(50(4,5)6)46(54(16,17)18)30-38(34)57(37(33)29-45(41)53(13,14)15)39-31-47(55(19,20)21)43(51(7,8)9)27-35(39)36-28-44(52(10,11)12)48(32-40(36)57)56(22,23)24/h25-32H,1-24H3. The van der Waals surface area contributed by atoms with E-state index < -0.39 is 5.41 Å². The largest absolute Gasteiger partial charge is 0.0725 e. The second-order valence-electron chi connectivity index (χ2n) is 26.5. The van der Waals surface area contributed by atoms with Gasteiger partial charge in [-0.25, -0.2) is 0 Å². The van der Waals surface area contributed by atoms with Gasteiger partial charge in [-0.15, -0.1) is 0 Å². The molecule has 0 fully saturated rings. The predicted octanol–water partition coefficient (Wildman–Crippen LogP) is 16.4. The van der Waals surface area contributed by atoms with Crippen LogP contribution < -0.4 is 0 Å². The Bertz CT molecular complexity index is 1940. The van der Waals surface area contributed by atoms with Gasteiger partial charge in [-0.1, -0.05) is 190 Å². The lowest BCUT2D eigenvalue weighted by Gasteiger charge is -2.38. The van der Waals surface area contributed by atoms with Gasteiger partial charge in [-0.3, -0.25) is 0 Å². The van der Waals surface area contributed by atoms with Crippen molar-refractivity contribution in [2.45, 2.75) is 215 Å². The normalized spacial score (nSPS) is 15.9. The average Bonchev–Trinajstić information content (AvgIpc) is 3.44. The summed E-state index contributed by atoms with van der Waals surface area (Å²) >= 11 is 0. The zero-order chi connectivity index (χ0) is 43.4. The van der Waals surface area contributed by atoms with Crippen LogP contribution in [0.2, 0.25) is 0 Å². The summed E-state index contributed by atoms with van der Waals surface area (Å²) < 4.78 is 0. The number of fused-ring (bicyclic) bond motifs is 10. The van der Waals surface area contributed by atoms with Gasteiger partial charge in [0.25, 0.3) is 0 Å². The van der Waals surface area contributed by atoms with Gasteiger partial charge in [0, 0.05) is 0 Å². The molecule has 0 heterocycles. The highest BCUT2D eigenvalue weighted by Crippen LogP contribution is 2.66. The van der Waals surface area contributed by atoms with Crippen LogP contribution >= 0.6 is 0 Å². The summed E-state index contributed by atoms with van der Waals surface area (Å²) in [6, 6.07) is 21.4. The zero-order valence-electron chi connectivity index (χ0n) is 41.1. The smallest absolute Gasteiger partial charge is 0.0561 e. The molecule has 6 rings (SSSR count). The van der Waals surface area contributed by atoms with Gasteiger partial charge in [-0.2, -0.15) is 0 Å². The summed E-state index contributed by atoms with van der Waals surface area (Å²) in [6.45, 7) is 58.0. The summed E-state index contributed by atoms with van der Waals surface area (Å²) in [6.07, 6.45) is 0. The SMILES string of the molecule is CC(C)(C)c1cc2c(cc1C(C)(C)C)C1(c3cc(C(C)(C)C)c(C(C)(C)C)cc3-2)c2cc(C(C)(C)C)c(C(C)(C)C)cc2-c2cc(C(C)(C)C)c(C(C)(C)C)cc21. The zero-order valence-corrected chi connectivity index (χ0v) is 41.1. The monoisotopic (exact) mass is 765 g/mol. The molecule has 0 nitrogen and oxygen atoms in total. The molecule has 2 aliphatic carbocycles. The van der Waals surface area contributed by atoms with Crippen molar-refractivity contribution in [3.05, 3.63) is 115 Å².